The number of ether oxygens (including phenoxy) is 1. The molecule has 220 valence electrons. The number of hydrogen-bond acceptors (Lipinski definition) is 5. The number of carbonyl (C=O) groups is 3. The Morgan fingerprint density at radius 2 is 1.60 bits per heavy atom. The number of amides is 3. The van der Waals surface area contributed by atoms with E-state index in [1.807, 2.05) is 56.3 Å². The van der Waals surface area contributed by atoms with E-state index in [2.05, 4.69) is 22.9 Å². The second-order valence-electron chi connectivity index (χ2n) is 9.85. The Morgan fingerprint density at radius 3 is 2.30 bits per heavy atom. The standard InChI is InChI=1S/C35H35N3O4S/c1-5-26-14-9-11-23(2)32(26)38-33(39)24(3)43-30-16-10-15-28(22-30)36-35(41)31(21-25-17-19-29(42-4)20-18-25)37-34(40)27-12-7-6-8-13-27/h6-22,24H,5H2,1-4H3,(H,36,41)(H,37,40)(H,38,39)/b31-21+. The number of rotatable bonds is 11. The SMILES string of the molecule is CCc1cccc(C)c1NC(=O)C(C)Sc1cccc(NC(=O)/C(=C\c2ccc(OC)cc2)NC(=O)c2ccccc2)c1. The average molecular weight is 594 g/mol. The first kappa shape index (κ1) is 31.1. The molecule has 7 nitrogen and oxygen atoms in total. The number of carbonyl (C=O) groups excluding carboxylic acids is 3. The van der Waals surface area contributed by atoms with Crippen molar-refractivity contribution < 1.29 is 19.1 Å². The molecule has 3 N–H and O–H groups in total. The second-order valence-corrected chi connectivity index (χ2v) is 11.3. The molecule has 0 fully saturated rings. The van der Waals surface area contributed by atoms with Crippen LogP contribution in [0.15, 0.2) is 108 Å². The number of hydrogen-bond donors (Lipinski definition) is 3. The summed E-state index contributed by atoms with van der Waals surface area (Å²) >= 11 is 1.39. The molecule has 0 bridgehead atoms. The van der Waals surface area contributed by atoms with Crippen LogP contribution in [0.25, 0.3) is 6.08 Å². The Bertz CT molecular complexity index is 1620. The molecule has 43 heavy (non-hydrogen) atoms. The number of benzene rings is 4. The van der Waals surface area contributed by atoms with Gasteiger partial charge in [-0.2, -0.15) is 0 Å². The van der Waals surface area contributed by atoms with Gasteiger partial charge in [-0.1, -0.05) is 61.5 Å². The summed E-state index contributed by atoms with van der Waals surface area (Å²) in [5.74, 6) is -0.311. The van der Waals surface area contributed by atoms with Gasteiger partial charge in [0.15, 0.2) is 0 Å². The number of methoxy groups -OCH3 is 1. The third-order valence-electron chi connectivity index (χ3n) is 6.72. The third kappa shape index (κ3) is 8.59. The van der Waals surface area contributed by atoms with Crippen molar-refractivity contribution in [1.82, 2.24) is 5.32 Å². The maximum atomic E-state index is 13.5. The molecule has 4 aromatic carbocycles. The van der Waals surface area contributed by atoms with Crippen LogP contribution in [0.3, 0.4) is 0 Å². The van der Waals surface area contributed by atoms with Crippen molar-refractivity contribution in [2.45, 2.75) is 37.3 Å². The lowest BCUT2D eigenvalue weighted by molar-refractivity contribution is -0.115. The van der Waals surface area contributed by atoms with Gasteiger partial charge in [-0.25, -0.2) is 0 Å². The summed E-state index contributed by atoms with van der Waals surface area (Å²) in [5, 5.41) is 8.34. The van der Waals surface area contributed by atoms with Crippen LogP contribution in [0, 0.1) is 6.92 Å². The van der Waals surface area contributed by atoms with Crippen molar-refractivity contribution in [3.8, 4) is 5.75 Å². The molecule has 0 saturated heterocycles. The van der Waals surface area contributed by atoms with Gasteiger partial charge in [-0.15, -0.1) is 11.8 Å². The zero-order valence-electron chi connectivity index (χ0n) is 24.6. The van der Waals surface area contributed by atoms with Crippen LogP contribution < -0.4 is 20.7 Å². The molecule has 1 unspecified atom stereocenters. The van der Waals surface area contributed by atoms with E-state index in [1.165, 1.54) is 11.8 Å². The fourth-order valence-electron chi connectivity index (χ4n) is 4.34. The summed E-state index contributed by atoms with van der Waals surface area (Å²) < 4.78 is 5.22. The monoisotopic (exact) mass is 593 g/mol. The summed E-state index contributed by atoms with van der Waals surface area (Å²) in [6.07, 6.45) is 2.43. The molecule has 0 aliphatic heterocycles. The van der Waals surface area contributed by atoms with Gasteiger partial charge in [0.2, 0.25) is 5.91 Å². The molecule has 0 saturated carbocycles. The molecule has 4 rings (SSSR count). The zero-order chi connectivity index (χ0) is 30.8. The van der Waals surface area contributed by atoms with Crippen LogP contribution in [-0.4, -0.2) is 30.1 Å². The van der Waals surface area contributed by atoms with Gasteiger partial charge in [-0.3, -0.25) is 14.4 Å². The quantitative estimate of drug-likeness (QED) is 0.127. The Labute approximate surface area is 256 Å². The molecule has 4 aromatic rings. The fourth-order valence-corrected chi connectivity index (χ4v) is 5.27. The van der Waals surface area contributed by atoms with E-state index < -0.39 is 11.8 Å². The molecular formula is C35H35N3O4S. The van der Waals surface area contributed by atoms with Gasteiger partial charge in [0.1, 0.15) is 11.4 Å². The summed E-state index contributed by atoms with van der Waals surface area (Å²) in [4.78, 5) is 40.3. The zero-order valence-corrected chi connectivity index (χ0v) is 25.5. The average Bonchev–Trinajstić information content (AvgIpc) is 3.02. The van der Waals surface area contributed by atoms with Crippen molar-refractivity contribution >= 4 is 46.9 Å². The Kier molecular flexibility index (Phi) is 10.8. The van der Waals surface area contributed by atoms with E-state index in [4.69, 9.17) is 4.74 Å². The van der Waals surface area contributed by atoms with E-state index in [-0.39, 0.29) is 16.9 Å². The molecule has 3 amide bonds. The minimum Gasteiger partial charge on any atom is -0.497 e. The number of para-hydroxylation sites is 1. The van der Waals surface area contributed by atoms with Crippen LogP contribution in [0.5, 0.6) is 5.75 Å². The van der Waals surface area contributed by atoms with E-state index >= 15 is 0 Å². The largest absolute Gasteiger partial charge is 0.497 e. The molecule has 0 heterocycles. The van der Waals surface area contributed by atoms with Crippen molar-refractivity contribution in [2.24, 2.45) is 0 Å². The highest BCUT2D eigenvalue weighted by Gasteiger charge is 2.18. The van der Waals surface area contributed by atoms with Crippen LogP contribution in [-0.2, 0) is 16.0 Å². The molecule has 0 radical (unpaired) electrons. The lowest BCUT2D eigenvalue weighted by atomic mass is 10.1. The summed E-state index contributed by atoms with van der Waals surface area (Å²) in [5.41, 5.74) is 4.72. The maximum absolute atomic E-state index is 13.5. The Morgan fingerprint density at radius 1 is 0.884 bits per heavy atom. The van der Waals surface area contributed by atoms with Crippen LogP contribution in [0.4, 0.5) is 11.4 Å². The highest BCUT2D eigenvalue weighted by molar-refractivity contribution is 8.00. The molecule has 0 aliphatic rings. The molecular weight excluding hydrogens is 558 g/mol. The highest BCUT2D eigenvalue weighted by atomic mass is 32.2. The molecule has 0 aliphatic carbocycles. The fraction of sp³-hybridized carbons (Fsp3) is 0.171. The number of nitrogens with one attached hydrogen (secondary N) is 3. The van der Waals surface area contributed by atoms with Crippen LogP contribution in [0.2, 0.25) is 0 Å². The number of thioether (sulfide) groups is 1. The van der Waals surface area contributed by atoms with Gasteiger partial charge in [-0.05, 0) is 85.5 Å². The van der Waals surface area contributed by atoms with E-state index in [0.29, 0.717) is 22.6 Å². The predicted octanol–water partition coefficient (Wildman–Crippen LogP) is 7.09. The lowest BCUT2D eigenvalue weighted by Crippen LogP contribution is -2.30. The van der Waals surface area contributed by atoms with Gasteiger partial charge in [0, 0.05) is 21.8 Å². The first-order valence-corrected chi connectivity index (χ1v) is 14.8. The highest BCUT2D eigenvalue weighted by Crippen LogP contribution is 2.28. The Hall–Kier alpha value is -4.82. The van der Waals surface area contributed by atoms with Gasteiger partial charge in [0.05, 0.1) is 12.4 Å². The normalized spacial score (nSPS) is 11.8. The topological polar surface area (TPSA) is 96.5 Å². The summed E-state index contributed by atoms with van der Waals surface area (Å²) in [6, 6.07) is 29.1. The smallest absolute Gasteiger partial charge is 0.272 e. The van der Waals surface area contributed by atoms with E-state index in [0.717, 1.165) is 28.1 Å². The minimum atomic E-state index is -0.486. The number of anilines is 2. The molecule has 8 heteroatoms. The Balaban J connectivity index is 1.49. The number of aryl methyl sites for hydroxylation is 2. The molecule has 1 atom stereocenters. The first-order chi connectivity index (χ1) is 20.8. The van der Waals surface area contributed by atoms with E-state index in [1.54, 1.807) is 67.8 Å². The van der Waals surface area contributed by atoms with Gasteiger partial charge >= 0.3 is 0 Å². The molecule has 0 aromatic heterocycles. The predicted molar refractivity (Wildman–Crippen MR) is 174 cm³/mol. The lowest BCUT2D eigenvalue weighted by Gasteiger charge is -2.17. The van der Waals surface area contributed by atoms with E-state index in [9.17, 15) is 14.4 Å². The van der Waals surface area contributed by atoms with Gasteiger partial charge < -0.3 is 20.7 Å². The van der Waals surface area contributed by atoms with Gasteiger partial charge in [0.25, 0.3) is 11.8 Å². The second kappa shape index (κ2) is 14.9. The third-order valence-corrected chi connectivity index (χ3v) is 7.81. The van der Waals surface area contributed by atoms with Crippen LogP contribution >= 0.6 is 11.8 Å². The van der Waals surface area contributed by atoms with Crippen molar-refractivity contribution in [1.29, 1.82) is 0 Å². The minimum absolute atomic E-state index is 0.0785. The van der Waals surface area contributed by atoms with Crippen LogP contribution in [0.1, 0.15) is 40.9 Å². The maximum Gasteiger partial charge on any atom is 0.272 e. The summed E-state index contributed by atoms with van der Waals surface area (Å²) in [7, 11) is 1.58. The summed E-state index contributed by atoms with van der Waals surface area (Å²) in [6.45, 7) is 5.90. The van der Waals surface area contributed by atoms with Crippen molar-refractivity contribution in [2.75, 3.05) is 17.7 Å². The molecule has 0 spiro atoms. The first-order valence-electron chi connectivity index (χ1n) is 14.0. The van der Waals surface area contributed by atoms with Crippen molar-refractivity contribution in [3.63, 3.8) is 0 Å². The van der Waals surface area contributed by atoms with Crippen molar-refractivity contribution in [3.05, 3.63) is 125 Å².